The fourth-order valence-electron chi connectivity index (χ4n) is 6.65. The van der Waals surface area contributed by atoms with E-state index in [9.17, 15) is 14.7 Å². The number of pyridine rings is 2. The molecule has 206 valence electrons. The van der Waals surface area contributed by atoms with E-state index in [-0.39, 0.29) is 16.7 Å². The van der Waals surface area contributed by atoms with Crippen LogP contribution in [-0.4, -0.2) is 70.4 Å². The minimum Gasteiger partial charge on any atom is -0.503 e. The molecule has 2 fully saturated rings. The summed E-state index contributed by atoms with van der Waals surface area (Å²) < 4.78 is 9.23. The summed E-state index contributed by atoms with van der Waals surface area (Å²) in [6, 6.07) is 15.3. The van der Waals surface area contributed by atoms with Gasteiger partial charge < -0.3 is 23.9 Å². The van der Waals surface area contributed by atoms with Gasteiger partial charge in [0.2, 0.25) is 5.43 Å². The number of likely N-dealkylation sites (tertiary alicyclic amines) is 1. The van der Waals surface area contributed by atoms with Crippen LogP contribution in [0.3, 0.4) is 0 Å². The zero-order chi connectivity index (χ0) is 27.1. The molecule has 5 heterocycles. The fourth-order valence-corrected chi connectivity index (χ4v) is 6.65. The van der Waals surface area contributed by atoms with E-state index in [1.165, 1.54) is 5.69 Å². The maximum absolute atomic E-state index is 12.8. The molecule has 39 heavy (non-hydrogen) atoms. The Hall–Kier alpha value is -3.56. The highest BCUT2D eigenvalue weighted by Gasteiger charge is 2.34. The molecule has 2 bridgehead atoms. The molecule has 0 saturated carbocycles. The second kappa shape index (κ2) is 10.5. The first-order chi connectivity index (χ1) is 18.9. The number of rotatable bonds is 6. The van der Waals surface area contributed by atoms with Crippen LogP contribution in [0.15, 0.2) is 58.1 Å². The van der Waals surface area contributed by atoms with E-state index >= 15 is 0 Å². The van der Waals surface area contributed by atoms with Gasteiger partial charge in [0.25, 0.3) is 5.56 Å². The number of anilines is 1. The van der Waals surface area contributed by atoms with Gasteiger partial charge in [-0.15, -0.1) is 0 Å². The zero-order valence-electron chi connectivity index (χ0n) is 22.8. The number of piperazine rings is 1. The Morgan fingerprint density at radius 3 is 2.44 bits per heavy atom. The number of benzene rings is 1. The topological polar surface area (TPSA) is 83.2 Å². The first-order valence-corrected chi connectivity index (χ1v) is 13.8. The molecule has 3 aliphatic rings. The quantitative estimate of drug-likeness (QED) is 0.522. The van der Waals surface area contributed by atoms with Crippen LogP contribution in [0.4, 0.5) is 5.69 Å². The van der Waals surface area contributed by atoms with Crippen LogP contribution in [0.1, 0.15) is 29.4 Å². The van der Waals surface area contributed by atoms with Gasteiger partial charge in [0.05, 0.1) is 12.8 Å². The molecule has 2 atom stereocenters. The Morgan fingerprint density at radius 2 is 1.69 bits per heavy atom. The number of hydrogen-bond donors (Lipinski definition) is 1. The minimum atomic E-state index is -0.316. The van der Waals surface area contributed by atoms with Gasteiger partial charge >= 0.3 is 0 Å². The van der Waals surface area contributed by atoms with Crippen molar-refractivity contribution in [2.75, 3.05) is 51.3 Å². The average Bonchev–Trinajstić information content (AvgIpc) is 2.95. The van der Waals surface area contributed by atoms with Crippen LogP contribution >= 0.6 is 0 Å². The number of fused-ring (bicyclic) bond motifs is 4. The molecule has 0 amide bonds. The van der Waals surface area contributed by atoms with Crippen molar-refractivity contribution in [3.8, 4) is 11.5 Å². The summed E-state index contributed by atoms with van der Waals surface area (Å²) in [5, 5.41) is 10.8. The van der Waals surface area contributed by atoms with E-state index in [1.54, 1.807) is 19.2 Å². The van der Waals surface area contributed by atoms with Crippen LogP contribution in [0, 0.1) is 5.92 Å². The lowest BCUT2D eigenvalue weighted by Crippen LogP contribution is -2.47. The molecule has 9 heteroatoms. The van der Waals surface area contributed by atoms with Crippen molar-refractivity contribution in [1.82, 2.24) is 18.9 Å². The predicted octanol–water partition coefficient (Wildman–Crippen LogP) is 2.20. The summed E-state index contributed by atoms with van der Waals surface area (Å²) >= 11 is 0. The van der Waals surface area contributed by atoms with Crippen molar-refractivity contribution in [2.45, 2.75) is 32.0 Å². The Bertz CT molecular complexity index is 1460. The molecular weight excluding hydrogens is 494 g/mol. The van der Waals surface area contributed by atoms with Gasteiger partial charge in [-0.1, -0.05) is 6.07 Å². The number of piperidine rings is 1. The Balaban J connectivity index is 1.14. The van der Waals surface area contributed by atoms with E-state index < -0.39 is 0 Å². The third-order valence-corrected chi connectivity index (χ3v) is 8.76. The SMILES string of the molecule is COc1ccc(N2CCN(Cc3c(O)c(=O)cc(CN4C[C@@H]5C[C@H](C4)c4cccc(=O)n4C5)n3C)CC2)cc1. The van der Waals surface area contributed by atoms with Crippen molar-refractivity contribution in [1.29, 1.82) is 0 Å². The van der Waals surface area contributed by atoms with Gasteiger partial charge in [-0.2, -0.15) is 0 Å². The van der Waals surface area contributed by atoms with Crippen molar-refractivity contribution in [3.05, 3.63) is 86.2 Å². The molecule has 3 aromatic rings. The highest BCUT2D eigenvalue weighted by atomic mass is 16.5. The first-order valence-electron chi connectivity index (χ1n) is 13.8. The third kappa shape index (κ3) is 5.08. The number of methoxy groups -OCH3 is 1. The fraction of sp³-hybridized carbons (Fsp3) is 0.467. The Kier molecular flexibility index (Phi) is 6.95. The van der Waals surface area contributed by atoms with E-state index in [0.29, 0.717) is 30.6 Å². The van der Waals surface area contributed by atoms with Crippen molar-refractivity contribution in [2.24, 2.45) is 13.0 Å². The summed E-state index contributed by atoms with van der Waals surface area (Å²) in [7, 11) is 3.63. The number of ether oxygens (including phenoxy) is 1. The second-order valence-electron chi connectivity index (χ2n) is 11.2. The highest BCUT2D eigenvalue weighted by Crippen LogP contribution is 2.35. The highest BCUT2D eigenvalue weighted by molar-refractivity contribution is 5.49. The van der Waals surface area contributed by atoms with Crippen LogP contribution in [0.25, 0.3) is 0 Å². The second-order valence-corrected chi connectivity index (χ2v) is 11.2. The zero-order valence-corrected chi connectivity index (χ0v) is 22.8. The Morgan fingerprint density at radius 1 is 0.923 bits per heavy atom. The smallest absolute Gasteiger partial charge is 0.250 e. The molecule has 2 saturated heterocycles. The lowest BCUT2D eigenvalue weighted by Gasteiger charge is -2.43. The van der Waals surface area contributed by atoms with Gasteiger partial charge in [-0.25, -0.2) is 0 Å². The van der Waals surface area contributed by atoms with E-state index in [1.807, 2.05) is 34.4 Å². The maximum atomic E-state index is 12.8. The molecule has 6 rings (SSSR count). The summed E-state index contributed by atoms with van der Waals surface area (Å²) in [5.74, 6) is 1.44. The van der Waals surface area contributed by atoms with E-state index in [4.69, 9.17) is 4.74 Å². The van der Waals surface area contributed by atoms with Crippen LogP contribution < -0.4 is 20.6 Å². The van der Waals surface area contributed by atoms with Gasteiger partial charge in [-0.05, 0) is 42.7 Å². The van der Waals surface area contributed by atoms with Gasteiger partial charge in [-0.3, -0.25) is 19.4 Å². The van der Waals surface area contributed by atoms with E-state index in [0.717, 1.165) is 69.4 Å². The lowest BCUT2D eigenvalue weighted by molar-refractivity contribution is 0.112. The number of aromatic nitrogens is 2. The number of nitrogens with zero attached hydrogens (tertiary/aromatic N) is 5. The van der Waals surface area contributed by atoms with E-state index in [2.05, 4.69) is 32.9 Å². The molecular formula is C30H37N5O4. The van der Waals surface area contributed by atoms with Gasteiger partial charge in [0.1, 0.15) is 5.75 Å². The number of hydrogen-bond acceptors (Lipinski definition) is 7. The van der Waals surface area contributed by atoms with Gasteiger partial charge in [0.15, 0.2) is 5.75 Å². The third-order valence-electron chi connectivity index (χ3n) is 8.76. The largest absolute Gasteiger partial charge is 0.503 e. The molecule has 3 aliphatic heterocycles. The summed E-state index contributed by atoms with van der Waals surface area (Å²) in [5.41, 5.74) is 3.65. The molecule has 1 aromatic carbocycles. The summed E-state index contributed by atoms with van der Waals surface area (Å²) in [6.07, 6.45) is 1.10. The van der Waals surface area contributed by atoms with Crippen molar-refractivity contribution < 1.29 is 9.84 Å². The van der Waals surface area contributed by atoms with Crippen LogP contribution in [0.5, 0.6) is 11.5 Å². The first kappa shape index (κ1) is 25.7. The number of aromatic hydroxyl groups is 1. The monoisotopic (exact) mass is 531 g/mol. The minimum absolute atomic E-state index is 0.0889. The maximum Gasteiger partial charge on any atom is 0.250 e. The molecule has 0 aliphatic carbocycles. The summed E-state index contributed by atoms with van der Waals surface area (Å²) in [6.45, 7) is 7.13. The molecule has 2 aromatic heterocycles. The van der Waals surface area contributed by atoms with Crippen LogP contribution in [0.2, 0.25) is 0 Å². The standard InChI is InChI=1S/C30H37N5O4/c1-31-24(19-33-16-21-14-22(18-33)26-4-3-5-29(37)35(26)17-21)15-28(36)30(38)27(31)20-32-10-12-34(13-11-32)23-6-8-25(39-2)9-7-23/h3-9,15,21-22,38H,10-14,16-20H2,1-2H3/t21-,22+/m0/s1. The summed E-state index contributed by atoms with van der Waals surface area (Å²) in [4.78, 5) is 32.3. The molecule has 0 radical (unpaired) electrons. The molecule has 0 spiro atoms. The molecule has 9 nitrogen and oxygen atoms in total. The van der Waals surface area contributed by atoms with Crippen molar-refractivity contribution >= 4 is 5.69 Å². The normalized spacial score (nSPS) is 21.5. The Labute approximate surface area is 228 Å². The average molecular weight is 532 g/mol. The van der Waals surface area contributed by atoms with Crippen LogP contribution in [-0.2, 0) is 26.7 Å². The van der Waals surface area contributed by atoms with Gasteiger partial charge in [0, 0.05) is 101 Å². The molecule has 1 N–H and O–H groups in total. The van der Waals surface area contributed by atoms with Crippen molar-refractivity contribution in [3.63, 3.8) is 0 Å². The molecule has 0 unspecified atom stereocenters. The predicted molar refractivity (Wildman–Crippen MR) is 151 cm³/mol. The lowest BCUT2D eigenvalue weighted by atomic mass is 9.83.